The molecule has 1 saturated carbocycles. The van der Waals surface area contributed by atoms with Gasteiger partial charge in [-0.3, -0.25) is 0 Å². The number of aliphatic hydroxyl groups excluding tert-OH is 1. The van der Waals surface area contributed by atoms with Gasteiger partial charge >= 0.3 is 0 Å². The topological polar surface area (TPSA) is 61.3 Å². The van der Waals surface area contributed by atoms with Gasteiger partial charge in [0.2, 0.25) is 5.95 Å². The van der Waals surface area contributed by atoms with Crippen molar-refractivity contribution >= 4 is 5.95 Å². The van der Waals surface area contributed by atoms with E-state index in [2.05, 4.69) is 34.0 Å². The van der Waals surface area contributed by atoms with Crippen LogP contribution in [0.1, 0.15) is 45.1 Å². The van der Waals surface area contributed by atoms with Crippen LogP contribution >= 0.6 is 0 Å². The highest BCUT2D eigenvalue weighted by Gasteiger charge is 2.20. The lowest BCUT2D eigenvalue weighted by atomic mass is 10.1. The molecule has 1 aliphatic carbocycles. The van der Waals surface area contributed by atoms with Crippen LogP contribution in [-0.2, 0) is 6.54 Å². The summed E-state index contributed by atoms with van der Waals surface area (Å²) >= 11 is 0. The normalized spacial score (nSPS) is 14.8. The molecule has 2 rings (SSSR count). The van der Waals surface area contributed by atoms with Crippen molar-refractivity contribution in [1.29, 1.82) is 0 Å². The number of hydrogen-bond donors (Lipinski definition) is 2. The third kappa shape index (κ3) is 4.15. The molecule has 112 valence electrons. The fraction of sp³-hybridized carbons (Fsp3) is 0.733. The molecule has 0 amide bonds. The first-order valence-electron chi connectivity index (χ1n) is 7.70. The van der Waals surface area contributed by atoms with Crippen LogP contribution in [0.5, 0.6) is 0 Å². The van der Waals surface area contributed by atoms with Crippen molar-refractivity contribution in [1.82, 2.24) is 15.3 Å². The fourth-order valence-electron chi connectivity index (χ4n) is 2.42. The molecule has 1 fully saturated rings. The molecule has 0 radical (unpaired) electrons. The number of nitrogens with one attached hydrogen (secondary N) is 1. The number of hydrogen-bond acceptors (Lipinski definition) is 5. The maximum atomic E-state index is 9.24. The second-order valence-corrected chi connectivity index (χ2v) is 5.43. The Balaban J connectivity index is 1.99. The molecule has 1 aliphatic rings. The van der Waals surface area contributed by atoms with Crippen molar-refractivity contribution in [2.24, 2.45) is 0 Å². The van der Waals surface area contributed by atoms with E-state index in [4.69, 9.17) is 0 Å². The molecule has 1 aromatic rings. The lowest BCUT2D eigenvalue weighted by Gasteiger charge is -2.29. The lowest BCUT2D eigenvalue weighted by molar-refractivity contribution is 0.295. The monoisotopic (exact) mass is 278 g/mol. The molecule has 0 unspecified atom stereocenters. The van der Waals surface area contributed by atoms with E-state index in [1.54, 1.807) is 0 Å². The maximum Gasteiger partial charge on any atom is 0.225 e. The minimum atomic E-state index is 0.130. The van der Waals surface area contributed by atoms with E-state index in [0.717, 1.165) is 30.9 Å². The Hall–Kier alpha value is -1.20. The Morgan fingerprint density at radius 3 is 2.45 bits per heavy atom. The quantitative estimate of drug-likeness (QED) is 0.720. The van der Waals surface area contributed by atoms with Crippen LogP contribution in [0.2, 0.25) is 0 Å². The number of aromatic nitrogens is 2. The van der Waals surface area contributed by atoms with Crippen molar-refractivity contribution in [3.8, 4) is 0 Å². The zero-order valence-corrected chi connectivity index (χ0v) is 12.5. The van der Waals surface area contributed by atoms with Crippen LogP contribution < -0.4 is 10.2 Å². The van der Waals surface area contributed by atoms with Gasteiger partial charge in [0.25, 0.3) is 0 Å². The van der Waals surface area contributed by atoms with Gasteiger partial charge in [-0.25, -0.2) is 9.97 Å². The summed E-state index contributed by atoms with van der Waals surface area (Å²) in [5.41, 5.74) is 1.12. The Bertz CT molecular complexity index is 387. The molecule has 0 aliphatic heterocycles. The Labute approximate surface area is 121 Å². The van der Waals surface area contributed by atoms with Crippen molar-refractivity contribution < 1.29 is 5.11 Å². The van der Waals surface area contributed by atoms with E-state index in [1.807, 2.05) is 12.4 Å². The van der Waals surface area contributed by atoms with E-state index < -0.39 is 0 Å². The summed E-state index contributed by atoms with van der Waals surface area (Å²) in [5, 5.41) is 12.7. The molecule has 5 heteroatoms. The second kappa shape index (κ2) is 7.55. The molecule has 1 heterocycles. The summed E-state index contributed by atoms with van der Waals surface area (Å²) in [4.78, 5) is 11.1. The first kappa shape index (κ1) is 15.2. The van der Waals surface area contributed by atoms with E-state index >= 15 is 0 Å². The van der Waals surface area contributed by atoms with Gasteiger partial charge in [-0.05, 0) is 25.7 Å². The third-order valence-corrected chi connectivity index (χ3v) is 3.84. The van der Waals surface area contributed by atoms with Gasteiger partial charge in [-0.2, -0.15) is 0 Å². The average Bonchev–Trinajstić information content (AvgIpc) is 3.30. The van der Waals surface area contributed by atoms with Crippen LogP contribution in [0, 0.1) is 0 Å². The van der Waals surface area contributed by atoms with Crippen LogP contribution in [0.3, 0.4) is 0 Å². The van der Waals surface area contributed by atoms with Gasteiger partial charge in [-0.15, -0.1) is 0 Å². The standard InChI is InChI=1S/C15H26N4O/c1-3-14(4-2)19(7-8-20)15-17-10-12(11-18-15)9-16-13-5-6-13/h10-11,13-14,16,20H,3-9H2,1-2H3. The molecule has 0 spiro atoms. The van der Waals surface area contributed by atoms with E-state index in [-0.39, 0.29) is 6.61 Å². The fourth-order valence-corrected chi connectivity index (χ4v) is 2.42. The minimum absolute atomic E-state index is 0.130. The summed E-state index contributed by atoms with van der Waals surface area (Å²) in [6.07, 6.45) is 8.43. The van der Waals surface area contributed by atoms with Crippen LogP contribution in [0.15, 0.2) is 12.4 Å². The van der Waals surface area contributed by atoms with Crippen LogP contribution in [-0.4, -0.2) is 40.3 Å². The Morgan fingerprint density at radius 1 is 1.30 bits per heavy atom. The summed E-state index contributed by atoms with van der Waals surface area (Å²) in [6, 6.07) is 1.09. The first-order valence-corrected chi connectivity index (χ1v) is 7.70. The van der Waals surface area contributed by atoms with Crippen molar-refractivity contribution in [3.05, 3.63) is 18.0 Å². The molecule has 0 bridgehead atoms. The van der Waals surface area contributed by atoms with Crippen molar-refractivity contribution in [2.75, 3.05) is 18.1 Å². The zero-order chi connectivity index (χ0) is 14.4. The zero-order valence-electron chi connectivity index (χ0n) is 12.5. The highest BCUT2D eigenvalue weighted by molar-refractivity contribution is 5.31. The molecule has 1 aromatic heterocycles. The predicted octanol–water partition coefficient (Wildman–Crippen LogP) is 1.72. The molecular formula is C15H26N4O. The highest BCUT2D eigenvalue weighted by atomic mass is 16.3. The number of anilines is 1. The molecular weight excluding hydrogens is 252 g/mol. The average molecular weight is 278 g/mol. The molecule has 2 N–H and O–H groups in total. The first-order chi connectivity index (χ1) is 9.78. The Morgan fingerprint density at radius 2 is 1.95 bits per heavy atom. The third-order valence-electron chi connectivity index (χ3n) is 3.84. The maximum absolute atomic E-state index is 9.24. The SMILES string of the molecule is CCC(CC)N(CCO)c1ncc(CNC2CC2)cn1. The number of nitrogens with zero attached hydrogens (tertiary/aromatic N) is 3. The van der Waals surface area contributed by atoms with Gasteiger partial charge in [0.15, 0.2) is 0 Å². The van der Waals surface area contributed by atoms with E-state index in [0.29, 0.717) is 18.6 Å². The van der Waals surface area contributed by atoms with Gasteiger partial charge in [0, 0.05) is 43.1 Å². The molecule has 0 atom stereocenters. The van der Waals surface area contributed by atoms with Gasteiger partial charge in [0.05, 0.1) is 6.61 Å². The molecule has 5 nitrogen and oxygen atoms in total. The van der Waals surface area contributed by atoms with Crippen molar-refractivity contribution in [3.63, 3.8) is 0 Å². The van der Waals surface area contributed by atoms with Crippen molar-refractivity contribution in [2.45, 2.75) is 58.2 Å². The largest absolute Gasteiger partial charge is 0.395 e. The summed E-state index contributed by atoms with van der Waals surface area (Å²) in [7, 11) is 0. The van der Waals surface area contributed by atoms with E-state index in [1.165, 1.54) is 12.8 Å². The minimum Gasteiger partial charge on any atom is -0.395 e. The predicted molar refractivity (Wildman–Crippen MR) is 80.7 cm³/mol. The Kier molecular flexibility index (Phi) is 5.73. The summed E-state index contributed by atoms with van der Waals surface area (Å²) in [6.45, 7) is 5.88. The van der Waals surface area contributed by atoms with Crippen LogP contribution in [0.25, 0.3) is 0 Å². The number of rotatable bonds is 9. The lowest BCUT2D eigenvalue weighted by Crippen LogP contribution is -2.38. The second-order valence-electron chi connectivity index (χ2n) is 5.43. The molecule has 0 saturated heterocycles. The van der Waals surface area contributed by atoms with E-state index in [9.17, 15) is 5.11 Å². The van der Waals surface area contributed by atoms with Gasteiger partial charge in [-0.1, -0.05) is 13.8 Å². The summed E-state index contributed by atoms with van der Waals surface area (Å²) < 4.78 is 0. The molecule has 20 heavy (non-hydrogen) atoms. The van der Waals surface area contributed by atoms with Gasteiger partial charge in [0.1, 0.15) is 0 Å². The summed E-state index contributed by atoms with van der Waals surface area (Å²) in [5.74, 6) is 0.725. The highest BCUT2D eigenvalue weighted by Crippen LogP contribution is 2.19. The number of aliphatic hydroxyl groups is 1. The smallest absolute Gasteiger partial charge is 0.225 e. The van der Waals surface area contributed by atoms with Crippen LogP contribution in [0.4, 0.5) is 5.95 Å². The van der Waals surface area contributed by atoms with Gasteiger partial charge < -0.3 is 15.3 Å². The molecule has 0 aromatic carbocycles.